The third-order valence-corrected chi connectivity index (χ3v) is 3.47. The molecule has 0 heterocycles. The van der Waals surface area contributed by atoms with Gasteiger partial charge in [-0.1, -0.05) is 0 Å². The van der Waals surface area contributed by atoms with Gasteiger partial charge in [0.05, 0.1) is 21.3 Å². The van der Waals surface area contributed by atoms with E-state index in [0.29, 0.717) is 29.8 Å². The third-order valence-electron chi connectivity index (χ3n) is 3.47. The molecule has 0 aliphatic heterocycles. The summed E-state index contributed by atoms with van der Waals surface area (Å²) < 4.78 is 16.0. The third kappa shape index (κ3) is 2.98. The SMILES string of the molecule is COc1cc(CN(C(C)=O)C2CC2)cc(OC)c1OC. The summed E-state index contributed by atoms with van der Waals surface area (Å²) in [5.74, 6) is 1.89. The van der Waals surface area contributed by atoms with Crippen molar-refractivity contribution in [3.63, 3.8) is 0 Å². The first-order chi connectivity index (χ1) is 9.60. The van der Waals surface area contributed by atoms with Crippen molar-refractivity contribution in [2.24, 2.45) is 0 Å². The van der Waals surface area contributed by atoms with Crippen molar-refractivity contribution in [3.8, 4) is 17.2 Å². The maximum Gasteiger partial charge on any atom is 0.219 e. The van der Waals surface area contributed by atoms with E-state index in [1.54, 1.807) is 28.3 Å². The largest absolute Gasteiger partial charge is 0.493 e. The van der Waals surface area contributed by atoms with Crippen molar-refractivity contribution in [2.45, 2.75) is 32.4 Å². The second-order valence-electron chi connectivity index (χ2n) is 4.91. The minimum Gasteiger partial charge on any atom is -0.493 e. The monoisotopic (exact) mass is 279 g/mol. The van der Waals surface area contributed by atoms with Gasteiger partial charge in [-0.15, -0.1) is 0 Å². The van der Waals surface area contributed by atoms with Crippen molar-refractivity contribution in [3.05, 3.63) is 17.7 Å². The number of ether oxygens (including phenoxy) is 3. The lowest BCUT2D eigenvalue weighted by molar-refractivity contribution is -0.130. The average molecular weight is 279 g/mol. The van der Waals surface area contributed by atoms with Crippen LogP contribution in [0.4, 0.5) is 0 Å². The van der Waals surface area contributed by atoms with Crippen molar-refractivity contribution in [1.29, 1.82) is 0 Å². The molecule has 1 aliphatic carbocycles. The summed E-state index contributed by atoms with van der Waals surface area (Å²) in [7, 11) is 4.75. The molecule has 0 aromatic heterocycles. The summed E-state index contributed by atoms with van der Waals surface area (Å²) in [5, 5.41) is 0. The minimum absolute atomic E-state index is 0.0984. The molecule has 110 valence electrons. The zero-order chi connectivity index (χ0) is 14.7. The van der Waals surface area contributed by atoms with E-state index in [-0.39, 0.29) is 5.91 Å². The lowest BCUT2D eigenvalue weighted by Gasteiger charge is -2.22. The van der Waals surface area contributed by atoms with Crippen molar-refractivity contribution >= 4 is 5.91 Å². The molecule has 0 spiro atoms. The maximum absolute atomic E-state index is 11.7. The van der Waals surface area contributed by atoms with Gasteiger partial charge < -0.3 is 19.1 Å². The van der Waals surface area contributed by atoms with Gasteiger partial charge in [0.15, 0.2) is 11.5 Å². The molecule has 0 N–H and O–H groups in total. The quantitative estimate of drug-likeness (QED) is 0.801. The predicted octanol–water partition coefficient (Wildman–Crippen LogP) is 2.22. The van der Waals surface area contributed by atoms with Crippen LogP contribution in [0.3, 0.4) is 0 Å². The van der Waals surface area contributed by atoms with Gasteiger partial charge >= 0.3 is 0 Å². The molecular weight excluding hydrogens is 258 g/mol. The number of carbonyl (C=O) groups excluding carboxylic acids is 1. The highest BCUT2D eigenvalue weighted by Gasteiger charge is 2.31. The summed E-state index contributed by atoms with van der Waals surface area (Å²) in [6, 6.07) is 4.16. The van der Waals surface area contributed by atoms with E-state index in [1.165, 1.54) is 0 Å². The van der Waals surface area contributed by atoms with Crippen molar-refractivity contribution in [2.75, 3.05) is 21.3 Å². The summed E-state index contributed by atoms with van der Waals surface area (Å²) >= 11 is 0. The zero-order valence-electron chi connectivity index (χ0n) is 12.4. The van der Waals surface area contributed by atoms with Gasteiger partial charge in [-0.25, -0.2) is 0 Å². The maximum atomic E-state index is 11.7. The van der Waals surface area contributed by atoms with E-state index >= 15 is 0 Å². The molecule has 0 bridgehead atoms. The highest BCUT2D eigenvalue weighted by molar-refractivity contribution is 5.74. The van der Waals surface area contributed by atoms with Crippen LogP contribution in [-0.2, 0) is 11.3 Å². The van der Waals surface area contributed by atoms with Crippen LogP contribution in [0, 0.1) is 0 Å². The number of hydrogen-bond donors (Lipinski definition) is 0. The number of carbonyl (C=O) groups is 1. The molecular formula is C15H21NO4. The fourth-order valence-electron chi connectivity index (χ4n) is 2.31. The molecule has 1 aliphatic rings. The van der Waals surface area contributed by atoms with Crippen LogP contribution in [-0.4, -0.2) is 38.2 Å². The van der Waals surface area contributed by atoms with Crippen molar-refractivity contribution < 1.29 is 19.0 Å². The van der Waals surface area contributed by atoms with Gasteiger partial charge in [0.2, 0.25) is 11.7 Å². The molecule has 1 fully saturated rings. The Labute approximate surface area is 119 Å². The molecule has 5 nitrogen and oxygen atoms in total. The highest BCUT2D eigenvalue weighted by atomic mass is 16.5. The van der Waals surface area contributed by atoms with E-state index in [9.17, 15) is 4.79 Å². The van der Waals surface area contributed by atoms with E-state index in [2.05, 4.69) is 0 Å². The molecule has 0 radical (unpaired) electrons. The Balaban J connectivity index is 2.29. The number of amides is 1. The van der Waals surface area contributed by atoms with Gasteiger partial charge in [-0.05, 0) is 30.5 Å². The molecule has 0 saturated heterocycles. The fraction of sp³-hybridized carbons (Fsp3) is 0.533. The highest BCUT2D eigenvalue weighted by Crippen LogP contribution is 2.39. The minimum atomic E-state index is 0.0984. The number of hydrogen-bond acceptors (Lipinski definition) is 4. The normalized spacial score (nSPS) is 13.8. The molecule has 1 amide bonds. The molecule has 0 atom stereocenters. The van der Waals surface area contributed by atoms with Crippen molar-refractivity contribution in [1.82, 2.24) is 4.90 Å². The van der Waals surface area contributed by atoms with Gasteiger partial charge in [0.1, 0.15) is 0 Å². The molecule has 1 aromatic rings. The Bertz CT molecular complexity index is 472. The fourth-order valence-corrected chi connectivity index (χ4v) is 2.31. The Morgan fingerprint density at radius 1 is 1.15 bits per heavy atom. The summed E-state index contributed by atoms with van der Waals surface area (Å²) in [6.07, 6.45) is 2.17. The smallest absolute Gasteiger partial charge is 0.219 e. The van der Waals surface area contributed by atoms with Crippen LogP contribution in [0.15, 0.2) is 12.1 Å². The second kappa shape index (κ2) is 6.03. The number of nitrogens with zero attached hydrogens (tertiary/aromatic N) is 1. The van der Waals surface area contributed by atoms with Gasteiger partial charge in [-0.3, -0.25) is 4.79 Å². The standard InChI is InChI=1S/C15H21NO4/c1-10(17)16(12-5-6-12)9-11-7-13(18-2)15(20-4)14(8-11)19-3/h7-8,12H,5-6,9H2,1-4H3. The van der Waals surface area contributed by atoms with Crippen LogP contribution in [0.2, 0.25) is 0 Å². The van der Waals surface area contributed by atoms with Crippen LogP contribution < -0.4 is 14.2 Å². The second-order valence-corrected chi connectivity index (χ2v) is 4.91. The molecule has 1 aromatic carbocycles. The first kappa shape index (κ1) is 14.5. The lowest BCUT2D eigenvalue weighted by atomic mass is 10.1. The molecule has 20 heavy (non-hydrogen) atoms. The molecule has 1 saturated carbocycles. The first-order valence-electron chi connectivity index (χ1n) is 6.66. The van der Waals surface area contributed by atoms with Gasteiger partial charge in [0.25, 0.3) is 0 Å². The molecule has 2 rings (SSSR count). The molecule has 5 heteroatoms. The number of methoxy groups -OCH3 is 3. The average Bonchev–Trinajstić information content (AvgIpc) is 3.27. The number of benzene rings is 1. The number of rotatable bonds is 6. The first-order valence-corrected chi connectivity index (χ1v) is 6.66. The van der Waals surface area contributed by atoms with E-state index in [4.69, 9.17) is 14.2 Å². The van der Waals surface area contributed by atoms with Crippen LogP contribution >= 0.6 is 0 Å². The Morgan fingerprint density at radius 2 is 1.70 bits per heavy atom. The van der Waals surface area contributed by atoms with E-state index < -0.39 is 0 Å². The Morgan fingerprint density at radius 3 is 2.05 bits per heavy atom. The van der Waals surface area contributed by atoms with Crippen LogP contribution in [0.25, 0.3) is 0 Å². The van der Waals surface area contributed by atoms with E-state index in [0.717, 1.165) is 18.4 Å². The predicted molar refractivity (Wildman–Crippen MR) is 75.3 cm³/mol. The van der Waals surface area contributed by atoms with E-state index in [1.807, 2.05) is 17.0 Å². The van der Waals surface area contributed by atoms with Gasteiger partial charge in [0, 0.05) is 19.5 Å². The summed E-state index contributed by atoms with van der Waals surface area (Å²) in [6.45, 7) is 2.17. The summed E-state index contributed by atoms with van der Waals surface area (Å²) in [4.78, 5) is 13.6. The summed E-state index contributed by atoms with van der Waals surface area (Å²) in [5.41, 5.74) is 0.974. The topological polar surface area (TPSA) is 48.0 Å². The Kier molecular flexibility index (Phi) is 4.37. The zero-order valence-corrected chi connectivity index (χ0v) is 12.4. The van der Waals surface area contributed by atoms with Crippen LogP contribution in [0.1, 0.15) is 25.3 Å². The van der Waals surface area contributed by atoms with Crippen LogP contribution in [0.5, 0.6) is 17.2 Å². The van der Waals surface area contributed by atoms with Gasteiger partial charge in [-0.2, -0.15) is 0 Å². The lowest BCUT2D eigenvalue weighted by Crippen LogP contribution is -2.30. The Hall–Kier alpha value is -1.91. The molecule has 0 unspecified atom stereocenters.